The highest BCUT2D eigenvalue weighted by Crippen LogP contribution is 2.43. The average molecular weight is 392 g/mol. The molecule has 3 nitrogen and oxygen atoms in total. The van der Waals surface area contributed by atoms with Crippen molar-refractivity contribution in [3.05, 3.63) is 59.0 Å². The monoisotopic (exact) mass is 391 g/mol. The Kier molecular flexibility index (Phi) is 4.37. The Morgan fingerprint density at radius 1 is 1.07 bits per heavy atom. The Morgan fingerprint density at radius 3 is 2.70 bits per heavy atom. The fourth-order valence-corrected chi connectivity index (χ4v) is 6.21. The number of pyridine rings is 1. The van der Waals surface area contributed by atoms with E-state index in [1.165, 1.54) is 38.9 Å². The molecule has 0 N–H and O–H groups in total. The van der Waals surface area contributed by atoms with Gasteiger partial charge in [0.15, 0.2) is 0 Å². The zero-order valence-electron chi connectivity index (χ0n) is 15.5. The number of nitrogens with zero attached hydrogens (tertiary/aromatic N) is 3. The van der Waals surface area contributed by atoms with Gasteiger partial charge in [-0.2, -0.15) is 0 Å². The molecule has 1 aliphatic carbocycles. The summed E-state index contributed by atoms with van der Waals surface area (Å²) in [7, 11) is 0. The van der Waals surface area contributed by atoms with Crippen LogP contribution >= 0.6 is 23.1 Å². The number of hydrogen-bond donors (Lipinski definition) is 0. The molecule has 0 aliphatic heterocycles. The van der Waals surface area contributed by atoms with E-state index in [0.29, 0.717) is 5.92 Å². The number of rotatable bonds is 4. The largest absolute Gasteiger partial charge is 0.241 e. The molecule has 136 valence electrons. The SMILES string of the molecule is CC(C)c1nc2sc3c(SCc4ccccc4)ncnc3c2c2c1CCC2. The molecule has 0 unspecified atom stereocenters. The molecule has 3 heterocycles. The first-order valence-electron chi connectivity index (χ1n) is 9.48. The van der Waals surface area contributed by atoms with E-state index in [9.17, 15) is 0 Å². The molecule has 0 radical (unpaired) electrons. The number of aryl methyl sites for hydroxylation is 1. The van der Waals surface area contributed by atoms with Gasteiger partial charge in [-0.1, -0.05) is 44.2 Å². The minimum Gasteiger partial charge on any atom is -0.241 e. The van der Waals surface area contributed by atoms with E-state index >= 15 is 0 Å². The van der Waals surface area contributed by atoms with E-state index in [4.69, 9.17) is 4.98 Å². The van der Waals surface area contributed by atoms with Crippen molar-refractivity contribution >= 4 is 43.5 Å². The van der Waals surface area contributed by atoms with E-state index in [2.05, 4.69) is 54.1 Å². The smallest absolute Gasteiger partial charge is 0.126 e. The van der Waals surface area contributed by atoms with Gasteiger partial charge >= 0.3 is 0 Å². The van der Waals surface area contributed by atoms with Gasteiger partial charge in [-0.15, -0.1) is 23.1 Å². The van der Waals surface area contributed by atoms with Crippen molar-refractivity contribution in [3.63, 3.8) is 0 Å². The van der Waals surface area contributed by atoms with Crippen molar-refractivity contribution in [2.75, 3.05) is 0 Å². The Labute approximate surface area is 167 Å². The van der Waals surface area contributed by atoms with Crippen LogP contribution < -0.4 is 0 Å². The van der Waals surface area contributed by atoms with E-state index in [1.54, 1.807) is 29.4 Å². The van der Waals surface area contributed by atoms with Crippen molar-refractivity contribution in [2.24, 2.45) is 0 Å². The maximum atomic E-state index is 5.08. The Balaban J connectivity index is 1.65. The van der Waals surface area contributed by atoms with Crippen LogP contribution in [-0.2, 0) is 18.6 Å². The summed E-state index contributed by atoms with van der Waals surface area (Å²) >= 11 is 3.56. The van der Waals surface area contributed by atoms with Crippen LogP contribution in [-0.4, -0.2) is 15.0 Å². The fraction of sp³-hybridized carbons (Fsp3) is 0.318. The summed E-state index contributed by atoms with van der Waals surface area (Å²) in [5.74, 6) is 1.38. The van der Waals surface area contributed by atoms with Crippen molar-refractivity contribution < 1.29 is 0 Å². The van der Waals surface area contributed by atoms with Gasteiger partial charge in [0.2, 0.25) is 0 Å². The van der Waals surface area contributed by atoms with Crippen LogP contribution in [0.2, 0.25) is 0 Å². The Morgan fingerprint density at radius 2 is 1.89 bits per heavy atom. The summed E-state index contributed by atoms with van der Waals surface area (Å²) in [6.45, 7) is 4.50. The number of hydrogen-bond acceptors (Lipinski definition) is 5. The minimum absolute atomic E-state index is 0.462. The highest BCUT2D eigenvalue weighted by Gasteiger charge is 2.25. The summed E-state index contributed by atoms with van der Waals surface area (Å²) in [5.41, 5.74) is 6.67. The third-order valence-electron chi connectivity index (χ3n) is 5.24. The van der Waals surface area contributed by atoms with Crippen molar-refractivity contribution in [1.29, 1.82) is 0 Å². The van der Waals surface area contributed by atoms with Crippen LogP contribution in [0.15, 0.2) is 41.7 Å². The fourth-order valence-electron chi connectivity index (χ4n) is 4.01. The summed E-state index contributed by atoms with van der Waals surface area (Å²) in [6.07, 6.45) is 5.26. The molecule has 27 heavy (non-hydrogen) atoms. The lowest BCUT2D eigenvalue weighted by molar-refractivity contribution is 0.805. The predicted octanol–water partition coefficient (Wildman–Crippen LogP) is 6.14. The normalized spacial score (nSPS) is 13.7. The standard InChI is InChI=1S/C22H21N3S2/c1-13(2)18-16-10-6-9-15(16)17-19-20(27-21(17)25-18)22(24-12-23-19)26-11-14-7-4-3-5-8-14/h3-5,7-8,12-13H,6,9-11H2,1-2H3. The molecule has 0 saturated heterocycles. The maximum Gasteiger partial charge on any atom is 0.126 e. The molecule has 0 spiro atoms. The molecular formula is C22H21N3S2. The molecule has 0 atom stereocenters. The lowest BCUT2D eigenvalue weighted by atomic mass is 9.99. The molecule has 0 amide bonds. The van der Waals surface area contributed by atoms with Crippen LogP contribution in [0.25, 0.3) is 20.4 Å². The number of thiophene rings is 1. The minimum atomic E-state index is 0.462. The van der Waals surface area contributed by atoms with E-state index < -0.39 is 0 Å². The van der Waals surface area contributed by atoms with Crippen LogP contribution in [0.3, 0.4) is 0 Å². The van der Waals surface area contributed by atoms with Gasteiger partial charge < -0.3 is 0 Å². The van der Waals surface area contributed by atoms with Crippen molar-refractivity contribution in [1.82, 2.24) is 15.0 Å². The summed E-state index contributed by atoms with van der Waals surface area (Å²) in [5, 5.41) is 2.36. The molecule has 0 saturated carbocycles. The van der Waals surface area contributed by atoms with Gasteiger partial charge in [0, 0.05) is 16.8 Å². The van der Waals surface area contributed by atoms with Crippen molar-refractivity contribution in [2.45, 2.75) is 49.8 Å². The molecule has 5 rings (SSSR count). The second-order valence-electron chi connectivity index (χ2n) is 7.38. The lowest BCUT2D eigenvalue weighted by Crippen LogP contribution is -2.00. The lowest BCUT2D eigenvalue weighted by Gasteiger charge is -2.11. The number of fused-ring (bicyclic) bond motifs is 5. The van der Waals surface area contributed by atoms with Crippen molar-refractivity contribution in [3.8, 4) is 0 Å². The number of benzene rings is 1. The molecule has 5 heteroatoms. The third kappa shape index (κ3) is 2.93. The average Bonchev–Trinajstić information content (AvgIpc) is 3.30. The molecular weight excluding hydrogens is 370 g/mol. The van der Waals surface area contributed by atoms with Crippen LogP contribution in [0, 0.1) is 0 Å². The van der Waals surface area contributed by atoms with E-state index in [0.717, 1.165) is 34.0 Å². The van der Waals surface area contributed by atoms with Crippen LogP contribution in [0.1, 0.15) is 48.6 Å². The topological polar surface area (TPSA) is 38.7 Å². The van der Waals surface area contributed by atoms with Gasteiger partial charge in [0.05, 0.1) is 10.2 Å². The van der Waals surface area contributed by atoms with Gasteiger partial charge in [0.1, 0.15) is 16.2 Å². The number of thioether (sulfide) groups is 1. The first-order valence-corrected chi connectivity index (χ1v) is 11.3. The molecule has 3 aromatic heterocycles. The summed E-state index contributed by atoms with van der Waals surface area (Å²) < 4.78 is 1.19. The molecule has 1 aromatic carbocycles. The third-order valence-corrected chi connectivity index (χ3v) is 7.51. The van der Waals surface area contributed by atoms with Crippen LogP contribution in [0.4, 0.5) is 0 Å². The Bertz CT molecular complexity index is 1130. The maximum absolute atomic E-state index is 5.08. The first-order chi connectivity index (χ1) is 13.2. The van der Waals surface area contributed by atoms with Gasteiger partial charge in [-0.25, -0.2) is 15.0 Å². The highest BCUT2D eigenvalue weighted by atomic mass is 32.2. The first kappa shape index (κ1) is 17.1. The summed E-state index contributed by atoms with van der Waals surface area (Å²) in [4.78, 5) is 15.5. The highest BCUT2D eigenvalue weighted by molar-refractivity contribution is 7.98. The summed E-state index contributed by atoms with van der Waals surface area (Å²) in [6, 6.07) is 10.6. The number of aromatic nitrogens is 3. The van der Waals surface area contributed by atoms with Crippen LogP contribution in [0.5, 0.6) is 0 Å². The molecule has 0 bridgehead atoms. The molecule has 1 aliphatic rings. The van der Waals surface area contributed by atoms with Gasteiger partial charge in [-0.3, -0.25) is 0 Å². The quantitative estimate of drug-likeness (QED) is 0.309. The van der Waals surface area contributed by atoms with Gasteiger partial charge in [0.25, 0.3) is 0 Å². The predicted molar refractivity (Wildman–Crippen MR) is 115 cm³/mol. The molecule has 4 aromatic rings. The second kappa shape index (κ2) is 6.88. The molecule has 0 fully saturated rings. The zero-order chi connectivity index (χ0) is 18.4. The second-order valence-corrected chi connectivity index (χ2v) is 9.34. The van der Waals surface area contributed by atoms with Gasteiger partial charge in [-0.05, 0) is 41.9 Å². The Hall–Kier alpha value is -1.98. The van der Waals surface area contributed by atoms with E-state index in [-0.39, 0.29) is 0 Å². The van der Waals surface area contributed by atoms with E-state index in [1.807, 2.05) is 0 Å². The zero-order valence-corrected chi connectivity index (χ0v) is 17.2.